The lowest BCUT2D eigenvalue weighted by molar-refractivity contribution is 0.147. The summed E-state index contributed by atoms with van der Waals surface area (Å²) in [6.45, 7) is 9.46. The molecule has 1 aromatic heterocycles. The minimum absolute atomic E-state index is 0.555. The van der Waals surface area contributed by atoms with Gasteiger partial charge in [-0.25, -0.2) is 4.98 Å². The molecule has 3 rings (SSSR count). The van der Waals surface area contributed by atoms with E-state index in [-0.39, 0.29) is 0 Å². The number of ether oxygens (including phenoxy) is 1. The lowest BCUT2D eigenvalue weighted by Crippen LogP contribution is -2.48. The van der Waals surface area contributed by atoms with Crippen LogP contribution in [0.15, 0.2) is 12.4 Å². The Morgan fingerprint density at radius 3 is 3.25 bits per heavy atom. The molecule has 0 amide bonds. The van der Waals surface area contributed by atoms with Gasteiger partial charge in [0.25, 0.3) is 0 Å². The Kier molecular flexibility index (Phi) is 4.70. The zero-order valence-electron chi connectivity index (χ0n) is 12.4. The molecule has 1 fully saturated rings. The lowest BCUT2D eigenvalue weighted by atomic mass is 9.98. The summed E-state index contributed by atoms with van der Waals surface area (Å²) in [6, 6.07) is 0.555. The first-order chi connectivity index (χ1) is 9.86. The van der Waals surface area contributed by atoms with Gasteiger partial charge in [0.15, 0.2) is 0 Å². The van der Waals surface area contributed by atoms with Crippen molar-refractivity contribution in [3.8, 4) is 0 Å². The number of nitrogens with one attached hydrogen (secondary N) is 1. The molecular formula is C15H26N4O. The van der Waals surface area contributed by atoms with E-state index in [9.17, 15) is 0 Å². The molecule has 20 heavy (non-hydrogen) atoms. The van der Waals surface area contributed by atoms with E-state index in [0.717, 1.165) is 45.9 Å². The predicted molar refractivity (Wildman–Crippen MR) is 78.5 cm³/mol. The maximum atomic E-state index is 5.58. The SMILES string of the molecule is CCCNC(CN1CCn2ccnc2C1)C1CCOC1. The highest BCUT2D eigenvalue weighted by atomic mass is 16.5. The number of hydrogen-bond acceptors (Lipinski definition) is 4. The summed E-state index contributed by atoms with van der Waals surface area (Å²) in [5.41, 5.74) is 0. The van der Waals surface area contributed by atoms with Crippen LogP contribution in [0.5, 0.6) is 0 Å². The Morgan fingerprint density at radius 1 is 1.50 bits per heavy atom. The van der Waals surface area contributed by atoms with Gasteiger partial charge in [0.2, 0.25) is 0 Å². The fourth-order valence-corrected chi connectivity index (χ4v) is 3.24. The van der Waals surface area contributed by atoms with Crippen LogP contribution < -0.4 is 5.32 Å². The molecule has 2 unspecified atom stereocenters. The van der Waals surface area contributed by atoms with Crippen molar-refractivity contribution in [1.29, 1.82) is 0 Å². The second kappa shape index (κ2) is 6.70. The van der Waals surface area contributed by atoms with Gasteiger partial charge in [0.05, 0.1) is 13.2 Å². The van der Waals surface area contributed by atoms with Crippen LogP contribution in [0.2, 0.25) is 0 Å². The molecule has 1 aromatic rings. The van der Waals surface area contributed by atoms with Gasteiger partial charge in [-0.05, 0) is 19.4 Å². The first-order valence-corrected chi connectivity index (χ1v) is 7.90. The van der Waals surface area contributed by atoms with E-state index >= 15 is 0 Å². The largest absolute Gasteiger partial charge is 0.381 e. The molecule has 0 aromatic carbocycles. The minimum atomic E-state index is 0.555. The Bertz CT molecular complexity index is 414. The van der Waals surface area contributed by atoms with E-state index in [1.165, 1.54) is 18.7 Å². The third-order valence-corrected chi connectivity index (χ3v) is 4.47. The molecule has 2 aliphatic heterocycles. The molecule has 0 saturated carbocycles. The summed E-state index contributed by atoms with van der Waals surface area (Å²) in [5, 5.41) is 3.73. The smallest absolute Gasteiger partial charge is 0.122 e. The number of fused-ring (bicyclic) bond motifs is 1. The van der Waals surface area contributed by atoms with E-state index in [0.29, 0.717) is 12.0 Å². The van der Waals surface area contributed by atoms with E-state index in [4.69, 9.17) is 4.74 Å². The highest BCUT2D eigenvalue weighted by molar-refractivity contribution is 4.96. The maximum absolute atomic E-state index is 5.58. The molecule has 0 aliphatic carbocycles. The predicted octanol–water partition coefficient (Wildman–Crippen LogP) is 1.10. The number of nitrogens with zero attached hydrogens (tertiary/aromatic N) is 3. The average molecular weight is 278 g/mol. The summed E-state index contributed by atoms with van der Waals surface area (Å²) in [4.78, 5) is 6.99. The van der Waals surface area contributed by atoms with Gasteiger partial charge in [0.1, 0.15) is 5.82 Å². The van der Waals surface area contributed by atoms with Crippen molar-refractivity contribution in [2.75, 3.05) is 32.8 Å². The Hall–Kier alpha value is -0.910. The van der Waals surface area contributed by atoms with Gasteiger partial charge < -0.3 is 14.6 Å². The fourth-order valence-electron chi connectivity index (χ4n) is 3.24. The van der Waals surface area contributed by atoms with Gasteiger partial charge in [-0.1, -0.05) is 6.92 Å². The second-order valence-corrected chi connectivity index (χ2v) is 5.96. The molecule has 1 saturated heterocycles. The highest BCUT2D eigenvalue weighted by Crippen LogP contribution is 2.19. The topological polar surface area (TPSA) is 42.3 Å². The van der Waals surface area contributed by atoms with E-state index in [1.807, 2.05) is 6.20 Å². The number of aromatic nitrogens is 2. The fraction of sp³-hybridized carbons (Fsp3) is 0.800. The lowest BCUT2D eigenvalue weighted by Gasteiger charge is -2.33. The molecule has 0 bridgehead atoms. The zero-order chi connectivity index (χ0) is 13.8. The first-order valence-electron chi connectivity index (χ1n) is 7.90. The molecule has 0 spiro atoms. The molecule has 5 nitrogen and oxygen atoms in total. The van der Waals surface area contributed by atoms with Crippen LogP contribution in [0.1, 0.15) is 25.6 Å². The first kappa shape index (κ1) is 14.0. The van der Waals surface area contributed by atoms with Crippen molar-refractivity contribution < 1.29 is 4.74 Å². The highest BCUT2D eigenvalue weighted by Gasteiger charge is 2.28. The van der Waals surface area contributed by atoms with E-state index in [1.54, 1.807) is 0 Å². The number of rotatable bonds is 6. The summed E-state index contributed by atoms with van der Waals surface area (Å²) in [5.74, 6) is 1.87. The van der Waals surface area contributed by atoms with Crippen molar-refractivity contribution in [3.05, 3.63) is 18.2 Å². The van der Waals surface area contributed by atoms with Crippen molar-refractivity contribution in [2.24, 2.45) is 5.92 Å². The Labute approximate surface area is 121 Å². The van der Waals surface area contributed by atoms with Crippen molar-refractivity contribution in [1.82, 2.24) is 19.8 Å². The molecule has 3 heterocycles. The quantitative estimate of drug-likeness (QED) is 0.846. The molecule has 112 valence electrons. The van der Waals surface area contributed by atoms with Crippen molar-refractivity contribution in [3.63, 3.8) is 0 Å². The Morgan fingerprint density at radius 2 is 2.45 bits per heavy atom. The van der Waals surface area contributed by atoms with Gasteiger partial charge in [-0.3, -0.25) is 4.90 Å². The average Bonchev–Trinajstić information content (AvgIpc) is 3.13. The molecule has 2 atom stereocenters. The number of imidazole rings is 1. The van der Waals surface area contributed by atoms with Crippen LogP contribution in [0, 0.1) is 5.92 Å². The molecule has 5 heteroatoms. The van der Waals surface area contributed by atoms with Gasteiger partial charge in [-0.2, -0.15) is 0 Å². The van der Waals surface area contributed by atoms with Crippen LogP contribution in [-0.4, -0.2) is 53.3 Å². The molecular weight excluding hydrogens is 252 g/mol. The van der Waals surface area contributed by atoms with Crippen LogP contribution >= 0.6 is 0 Å². The van der Waals surface area contributed by atoms with Crippen molar-refractivity contribution >= 4 is 0 Å². The van der Waals surface area contributed by atoms with E-state index < -0.39 is 0 Å². The Balaban J connectivity index is 1.58. The third kappa shape index (κ3) is 3.22. The van der Waals surface area contributed by atoms with E-state index in [2.05, 4.69) is 32.9 Å². The maximum Gasteiger partial charge on any atom is 0.122 e. The van der Waals surface area contributed by atoms with Gasteiger partial charge >= 0.3 is 0 Å². The summed E-state index contributed by atoms with van der Waals surface area (Å²) >= 11 is 0. The number of hydrogen-bond donors (Lipinski definition) is 1. The standard InChI is InChI=1S/C15H26N4O/c1-2-4-16-14(13-3-9-20-12-13)10-18-7-8-19-6-5-17-15(19)11-18/h5-6,13-14,16H,2-4,7-12H2,1H3. The van der Waals surface area contributed by atoms with Crippen LogP contribution in [-0.2, 0) is 17.8 Å². The van der Waals surface area contributed by atoms with Crippen LogP contribution in [0.25, 0.3) is 0 Å². The monoisotopic (exact) mass is 278 g/mol. The van der Waals surface area contributed by atoms with Crippen molar-refractivity contribution in [2.45, 2.75) is 38.9 Å². The van der Waals surface area contributed by atoms with Crippen LogP contribution in [0.3, 0.4) is 0 Å². The third-order valence-electron chi connectivity index (χ3n) is 4.47. The van der Waals surface area contributed by atoms with Gasteiger partial charge in [0, 0.05) is 50.6 Å². The summed E-state index contributed by atoms with van der Waals surface area (Å²) < 4.78 is 7.84. The zero-order valence-corrected chi connectivity index (χ0v) is 12.4. The minimum Gasteiger partial charge on any atom is -0.381 e. The second-order valence-electron chi connectivity index (χ2n) is 5.96. The summed E-state index contributed by atoms with van der Waals surface area (Å²) in [7, 11) is 0. The molecule has 0 radical (unpaired) electrons. The van der Waals surface area contributed by atoms with Crippen LogP contribution in [0.4, 0.5) is 0 Å². The normalized spacial score (nSPS) is 24.8. The molecule has 1 N–H and O–H groups in total. The summed E-state index contributed by atoms with van der Waals surface area (Å²) in [6.07, 6.45) is 6.39. The molecule has 2 aliphatic rings. The van der Waals surface area contributed by atoms with Gasteiger partial charge in [-0.15, -0.1) is 0 Å².